The highest BCUT2D eigenvalue weighted by Crippen LogP contribution is 2.36. The Balaban J connectivity index is 1.38. The van der Waals surface area contributed by atoms with Crippen molar-refractivity contribution >= 4 is 11.6 Å². The van der Waals surface area contributed by atoms with Crippen LogP contribution in [0.1, 0.15) is 43.4 Å². The molecule has 4 rings (SSSR count). The second-order valence-corrected chi connectivity index (χ2v) is 6.98. The lowest BCUT2D eigenvalue weighted by molar-refractivity contribution is -0.116. The monoisotopic (exact) mass is 361 g/mol. The van der Waals surface area contributed by atoms with Crippen molar-refractivity contribution < 1.29 is 4.79 Å². The quantitative estimate of drug-likeness (QED) is 0.694. The highest BCUT2D eigenvalue weighted by atomic mass is 16.1. The van der Waals surface area contributed by atoms with E-state index in [9.17, 15) is 4.79 Å². The Morgan fingerprint density at radius 3 is 2.67 bits per heavy atom. The molecule has 27 heavy (non-hydrogen) atoms. The lowest BCUT2D eigenvalue weighted by Gasteiger charge is -2.08. The van der Waals surface area contributed by atoms with Gasteiger partial charge >= 0.3 is 0 Å². The van der Waals surface area contributed by atoms with Gasteiger partial charge in [0, 0.05) is 17.7 Å². The van der Waals surface area contributed by atoms with Gasteiger partial charge in [0.1, 0.15) is 0 Å². The normalized spacial score (nSPS) is 13.5. The van der Waals surface area contributed by atoms with Crippen LogP contribution in [0.25, 0.3) is 11.4 Å². The topological polar surface area (TPSA) is 72.7 Å². The third-order valence-electron chi connectivity index (χ3n) is 4.86. The smallest absolute Gasteiger partial charge is 0.224 e. The predicted molar refractivity (Wildman–Crippen MR) is 104 cm³/mol. The first-order valence-corrected chi connectivity index (χ1v) is 9.49. The number of carbonyl (C=O) groups excluding carboxylic acids is 1. The predicted octanol–water partition coefficient (Wildman–Crippen LogP) is 3.81. The second-order valence-electron chi connectivity index (χ2n) is 6.98. The molecule has 3 aromatic rings. The van der Waals surface area contributed by atoms with Crippen molar-refractivity contribution in [2.45, 2.75) is 45.1 Å². The zero-order chi connectivity index (χ0) is 18.6. The lowest BCUT2D eigenvalue weighted by Crippen LogP contribution is -2.12. The molecule has 0 saturated heterocycles. The molecule has 1 saturated carbocycles. The number of tetrazole rings is 1. The van der Waals surface area contributed by atoms with E-state index < -0.39 is 0 Å². The van der Waals surface area contributed by atoms with Crippen molar-refractivity contribution in [3.63, 3.8) is 0 Å². The fourth-order valence-electron chi connectivity index (χ4n) is 3.11. The maximum absolute atomic E-state index is 12.3. The van der Waals surface area contributed by atoms with Gasteiger partial charge in [-0.15, -0.1) is 5.10 Å². The molecule has 1 aromatic heterocycles. The summed E-state index contributed by atoms with van der Waals surface area (Å²) in [6, 6.07) is 16.6. The standard InChI is InChI=1S/C21H23N5O/c1-2-15-6-8-16(9-7-15)10-13-20(27)22-18-5-3-4-17(14-18)21-23-24-25-26(21)19-11-12-19/h3-9,14,19H,2,10-13H2,1H3,(H,22,27). The Morgan fingerprint density at radius 1 is 1.15 bits per heavy atom. The number of hydrogen-bond acceptors (Lipinski definition) is 4. The molecule has 1 amide bonds. The number of amides is 1. The van der Waals surface area contributed by atoms with Crippen molar-refractivity contribution in [2.24, 2.45) is 0 Å². The molecule has 0 radical (unpaired) electrons. The first-order chi connectivity index (χ1) is 13.2. The minimum atomic E-state index is 0.00787. The van der Waals surface area contributed by atoms with Gasteiger partial charge in [-0.05, 0) is 59.4 Å². The van der Waals surface area contributed by atoms with Crippen LogP contribution in [0.5, 0.6) is 0 Å². The van der Waals surface area contributed by atoms with Gasteiger partial charge in [0.2, 0.25) is 5.91 Å². The van der Waals surface area contributed by atoms with Crippen LogP contribution in [-0.2, 0) is 17.6 Å². The van der Waals surface area contributed by atoms with Gasteiger partial charge in [0.15, 0.2) is 5.82 Å². The van der Waals surface area contributed by atoms with Crippen LogP contribution in [0.2, 0.25) is 0 Å². The van der Waals surface area contributed by atoms with E-state index in [1.165, 1.54) is 11.1 Å². The van der Waals surface area contributed by atoms with E-state index in [-0.39, 0.29) is 5.91 Å². The molecule has 2 aromatic carbocycles. The van der Waals surface area contributed by atoms with E-state index in [0.29, 0.717) is 12.5 Å². The third kappa shape index (κ3) is 4.22. The largest absolute Gasteiger partial charge is 0.326 e. The number of nitrogens with one attached hydrogen (secondary N) is 1. The van der Waals surface area contributed by atoms with Crippen LogP contribution in [0.3, 0.4) is 0 Å². The molecule has 0 bridgehead atoms. The highest BCUT2D eigenvalue weighted by Gasteiger charge is 2.28. The fraction of sp³-hybridized carbons (Fsp3) is 0.333. The molecular formula is C21H23N5O. The van der Waals surface area contributed by atoms with Crippen LogP contribution in [0.4, 0.5) is 5.69 Å². The van der Waals surface area contributed by atoms with Crippen LogP contribution >= 0.6 is 0 Å². The molecule has 1 aliphatic rings. The lowest BCUT2D eigenvalue weighted by atomic mass is 10.1. The number of aromatic nitrogens is 4. The van der Waals surface area contributed by atoms with Crippen molar-refractivity contribution in [3.05, 3.63) is 59.7 Å². The minimum absolute atomic E-state index is 0.00787. The average Bonchev–Trinajstić information content (AvgIpc) is 3.43. The SMILES string of the molecule is CCc1ccc(CCC(=O)Nc2cccc(-c3nnnn3C3CC3)c2)cc1. The van der Waals surface area contributed by atoms with E-state index in [4.69, 9.17) is 0 Å². The van der Waals surface area contributed by atoms with Gasteiger partial charge in [-0.3, -0.25) is 4.79 Å². The Morgan fingerprint density at radius 2 is 1.93 bits per heavy atom. The minimum Gasteiger partial charge on any atom is -0.326 e. The van der Waals surface area contributed by atoms with Crippen LogP contribution in [0, 0.1) is 0 Å². The summed E-state index contributed by atoms with van der Waals surface area (Å²) >= 11 is 0. The summed E-state index contributed by atoms with van der Waals surface area (Å²) in [4.78, 5) is 12.3. The number of aryl methyl sites for hydroxylation is 2. The Labute approximate surface area is 158 Å². The van der Waals surface area contributed by atoms with E-state index in [2.05, 4.69) is 52.0 Å². The van der Waals surface area contributed by atoms with Crippen molar-refractivity contribution in [2.75, 3.05) is 5.32 Å². The van der Waals surface area contributed by atoms with Crippen molar-refractivity contribution in [3.8, 4) is 11.4 Å². The summed E-state index contributed by atoms with van der Waals surface area (Å²) in [5, 5.41) is 15.0. The molecule has 0 atom stereocenters. The highest BCUT2D eigenvalue weighted by molar-refractivity contribution is 5.91. The molecular weight excluding hydrogens is 338 g/mol. The molecule has 1 N–H and O–H groups in total. The third-order valence-corrected chi connectivity index (χ3v) is 4.86. The van der Waals surface area contributed by atoms with Gasteiger partial charge in [0.05, 0.1) is 6.04 Å². The Hall–Kier alpha value is -3.02. The summed E-state index contributed by atoms with van der Waals surface area (Å²) < 4.78 is 1.88. The number of anilines is 1. The molecule has 0 unspecified atom stereocenters. The molecule has 0 aliphatic heterocycles. The number of nitrogens with zero attached hydrogens (tertiary/aromatic N) is 4. The van der Waals surface area contributed by atoms with Crippen molar-refractivity contribution in [1.29, 1.82) is 0 Å². The first-order valence-electron chi connectivity index (χ1n) is 9.49. The Kier molecular flexibility index (Phi) is 4.96. The maximum Gasteiger partial charge on any atom is 0.224 e. The van der Waals surface area contributed by atoms with Gasteiger partial charge in [-0.2, -0.15) is 0 Å². The van der Waals surface area contributed by atoms with E-state index in [0.717, 1.165) is 42.8 Å². The number of benzene rings is 2. The first kappa shape index (κ1) is 17.4. The number of hydrogen-bond donors (Lipinski definition) is 1. The molecule has 6 heteroatoms. The zero-order valence-corrected chi connectivity index (χ0v) is 15.4. The second kappa shape index (κ2) is 7.70. The van der Waals surface area contributed by atoms with Gasteiger partial charge in [-0.1, -0.05) is 43.3 Å². The summed E-state index contributed by atoms with van der Waals surface area (Å²) in [5.41, 5.74) is 4.18. The zero-order valence-electron chi connectivity index (χ0n) is 15.4. The Bertz CT molecular complexity index is 928. The fourth-order valence-corrected chi connectivity index (χ4v) is 3.11. The van der Waals surface area contributed by atoms with E-state index in [1.54, 1.807) is 0 Å². The number of rotatable bonds is 7. The van der Waals surface area contributed by atoms with Gasteiger partial charge in [0.25, 0.3) is 0 Å². The molecule has 1 fully saturated rings. The summed E-state index contributed by atoms with van der Waals surface area (Å²) in [5.74, 6) is 0.762. The average molecular weight is 361 g/mol. The van der Waals surface area contributed by atoms with Crippen LogP contribution in [-0.4, -0.2) is 26.1 Å². The van der Waals surface area contributed by atoms with E-state index in [1.807, 2.05) is 28.9 Å². The van der Waals surface area contributed by atoms with Crippen molar-refractivity contribution in [1.82, 2.24) is 20.2 Å². The molecule has 1 aliphatic carbocycles. The van der Waals surface area contributed by atoms with E-state index >= 15 is 0 Å². The summed E-state index contributed by atoms with van der Waals surface area (Å²) in [6.07, 6.45) is 4.45. The summed E-state index contributed by atoms with van der Waals surface area (Å²) in [7, 11) is 0. The van der Waals surface area contributed by atoms with Gasteiger partial charge < -0.3 is 5.32 Å². The van der Waals surface area contributed by atoms with Gasteiger partial charge in [-0.25, -0.2) is 4.68 Å². The molecule has 1 heterocycles. The molecule has 0 spiro atoms. The summed E-state index contributed by atoms with van der Waals surface area (Å²) in [6.45, 7) is 2.14. The number of carbonyl (C=O) groups is 1. The maximum atomic E-state index is 12.3. The van der Waals surface area contributed by atoms with Crippen LogP contribution in [0.15, 0.2) is 48.5 Å². The molecule has 138 valence electrons. The molecule has 6 nitrogen and oxygen atoms in total. The van der Waals surface area contributed by atoms with Crippen LogP contribution < -0.4 is 5.32 Å².